The van der Waals surface area contributed by atoms with Gasteiger partial charge in [-0.25, -0.2) is 0 Å². The van der Waals surface area contributed by atoms with E-state index < -0.39 is 0 Å². The van der Waals surface area contributed by atoms with Crippen LogP contribution in [-0.2, 0) is 6.54 Å². The van der Waals surface area contributed by atoms with E-state index >= 15 is 0 Å². The van der Waals surface area contributed by atoms with Crippen LogP contribution in [0.25, 0.3) is 0 Å². The average molecular weight is 373 g/mol. The lowest BCUT2D eigenvalue weighted by atomic mass is 10.0. The normalized spacial score (nSPS) is 14.3. The van der Waals surface area contributed by atoms with Crippen LogP contribution in [0.3, 0.4) is 0 Å². The van der Waals surface area contributed by atoms with Crippen LogP contribution < -0.4 is 0 Å². The first-order chi connectivity index (χ1) is 13.3. The van der Waals surface area contributed by atoms with Gasteiger partial charge in [0.1, 0.15) is 0 Å². The van der Waals surface area contributed by atoms with Gasteiger partial charge in [-0.3, -0.25) is 0 Å². The Balaban J connectivity index is 2.55. The van der Waals surface area contributed by atoms with Gasteiger partial charge in [0.25, 0.3) is 0 Å². The van der Waals surface area contributed by atoms with Gasteiger partial charge in [0.05, 0.1) is 5.70 Å². The monoisotopic (exact) mass is 372 g/mol. The minimum Gasteiger partial charge on any atom is -0.353 e. The highest BCUT2D eigenvalue weighted by Crippen LogP contribution is 2.31. The highest BCUT2D eigenvalue weighted by molar-refractivity contribution is 5.43. The molecule has 0 N–H and O–H groups in total. The van der Waals surface area contributed by atoms with Crippen molar-refractivity contribution in [2.24, 2.45) is 0 Å². The molecule has 28 heavy (non-hydrogen) atoms. The van der Waals surface area contributed by atoms with Crippen molar-refractivity contribution in [2.45, 2.75) is 33.7 Å². The zero-order valence-electron chi connectivity index (χ0n) is 17.7. The van der Waals surface area contributed by atoms with E-state index in [2.05, 4.69) is 87.1 Å². The minimum atomic E-state index is 0.730. The molecule has 0 unspecified atom stereocenters. The van der Waals surface area contributed by atoms with Crippen LogP contribution in [-0.4, -0.2) is 16.8 Å². The van der Waals surface area contributed by atoms with Crippen molar-refractivity contribution < 1.29 is 0 Å². The van der Waals surface area contributed by atoms with E-state index in [0.717, 1.165) is 35.6 Å². The van der Waals surface area contributed by atoms with Gasteiger partial charge in [0, 0.05) is 25.0 Å². The highest BCUT2D eigenvalue weighted by Gasteiger charge is 2.20. The van der Waals surface area contributed by atoms with Crippen molar-refractivity contribution in [2.75, 3.05) is 7.05 Å². The average Bonchev–Trinajstić information content (AvgIpc) is 2.91. The summed E-state index contributed by atoms with van der Waals surface area (Å²) in [6.45, 7) is 19.7. The van der Waals surface area contributed by atoms with Crippen LogP contribution in [0, 0.1) is 0 Å². The maximum absolute atomic E-state index is 4.49. The number of rotatable bonds is 8. The summed E-state index contributed by atoms with van der Waals surface area (Å²) < 4.78 is 0. The molecule has 0 bridgehead atoms. The molecular formula is C26H32N2. The molecule has 2 heteroatoms. The van der Waals surface area contributed by atoms with Crippen molar-refractivity contribution >= 4 is 0 Å². The molecule has 1 aromatic carbocycles. The molecule has 1 aromatic rings. The van der Waals surface area contributed by atoms with E-state index in [1.165, 1.54) is 16.7 Å². The quantitative estimate of drug-likeness (QED) is 0.467. The summed E-state index contributed by atoms with van der Waals surface area (Å²) in [5, 5.41) is 0. The van der Waals surface area contributed by atoms with Gasteiger partial charge < -0.3 is 9.80 Å². The Hall–Kier alpha value is -3.00. The third-order valence-electron chi connectivity index (χ3n) is 4.97. The zero-order chi connectivity index (χ0) is 20.7. The number of benzene rings is 1. The van der Waals surface area contributed by atoms with E-state index in [1.807, 2.05) is 31.1 Å². The predicted molar refractivity (Wildman–Crippen MR) is 122 cm³/mol. The Labute approximate surface area is 170 Å². The lowest BCUT2D eigenvalue weighted by Gasteiger charge is -2.34. The summed E-state index contributed by atoms with van der Waals surface area (Å²) in [5.74, 6) is 0. The summed E-state index contributed by atoms with van der Waals surface area (Å²) in [6, 6.07) is 10.5. The van der Waals surface area contributed by atoms with Crippen molar-refractivity contribution in [3.63, 3.8) is 0 Å². The van der Waals surface area contributed by atoms with Crippen LogP contribution >= 0.6 is 0 Å². The zero-order valence-corrected chi connectivity index (χ0v) is 17.7. The molecule has 0 heterocycles. The lowest BCUT2D eigenvalue weighted by molar-refractivity contribution is 0.409. The fourth-order valence-corrected chi connectivity index (χ4v) is 3.23. The molecule has 2 nitrogen and oxygen atoms in total. The molecule has 0 aromatic heterocycles. The Morgan fingerprint density at radius 3 is 2.39 bits per heavy atom. The van der Waals surface area contributed by atoms with Crippen LogP contribution in [0.5, 0.6) is 0 Å². The largest absolute Gasteiger partial charge is 0.353 e. The molecule has 0 saturated carbocycles. The Kier molecular flexibility index (Phi) is 7.45. The van der Waals surface area contributed by atoms with Crippen LogP contribution in [0.15, 0.2) is 114 Å². The second kappa shape index (κ2) is 9.80. The van der Waals surface area contributed by atoms with E-state index in [1.54, 1.807) is 0 Å². The molecule has 2 rings (SSSR count). The fourth-order valence-electron chi connectivity index (χ4n) is 3.23. The second-order valence-electron chi connectivity index (χ2n) is 7.24. The molecule has 0 amide bonds. The van der Waals surface area contributed by atoms with Crippen LogP contribution in [0.1, 0.15) is 32.8 Å². The molecule has 0 atom stereocenters. The molecule has 0 saturated heterocycles. The van der Waals surface area contributed by atoms with Gasteiger partial charge in [-0.15, -0.1) is 0 Å². The van der Waals surface area contributed by atoms with E-state index in [4.69, 9.17) is 0 Å². The van der Waals surface area contributed by atoms with Crippen molar-refractivity contribution in [1.82, 2.24) is 9.80 Å². The molecule has 0 aliphatic heterocycles. The number of hydrogen-bond acceptors (Lipinski definition) is 2. The number of nitrogens with zero attached hydrogens (tertiary/aromatic N) is 2. The first kappa shape index (κ1) is 21.3. The first-order valence-electron chi connectivity index (χ1n) is 9.62. The van der Waals surface area contributed by atoms with Gasteiger partial charge in [-0.2, -0.15) is 0 Å². The first-order valence-corrected chi connectivity index (χ1v) is 9.62. The summed E-state index contributed by atoms with van der Waals surface area (Å²) >= 11 is 0. The standard InChI is InChI=1S/C26H32N2/c1-8-27(7)23(6)26(20(2)3)28(19-24-14-10-9-11-15-24)22(5)25-16-12-13-21(4)17-18-25/h8-15,17-18H,1-2,5,16,19H2,3-4,6-7H3/b26-23+. The fraction of sp³-hybridized carbons (Fsp3) is 0.231. The van der Waals surface area contributed by atoms with Crippen molar-refractivity contribution in [3.05, 3.63) is 120 Å². The second-order valence-corrected chi connectivity index (χ2v) is 7.24. The third-order valence-corrected chi connectivity index (χ3v) is 4.97. The number of allylic oxidation sites excluding steroid dienone is 8. The smallest absolute Gasteiger partial charge is 0.0632 e. The Morgan fingerprint density at radius 1 is 1.11 bits per heavy atom. The van der Waals surface area contributed by atoms with Crippen molar-refractivity contribution in [1.29, 1.82) is 0 Å². The van der Waals surface area contributed by atoms with Crippen LogP contribution in [0.2, 0.25) is 0 Å². The minimum absolute atomic E-state index is 0.730. The molecule has 0 fully saturated rings. The predicted octanol–water partition coefficient (Wildman–Crippen LogP) is 6.72. The summed E-state index contributed by atoms with van der Waals surface area (Å²) in [4.78, 5) is 4.31. The summed E-state index contributed by atoms with van der Waals surface area (Å²) in [5.41, 5.74) is 7.84. The van der Waals surface area contributed by atoms with Crippen LogP contribution in [0.4, 0.5) is 0 Å². The van der Waals surface area contributed by atoms with E-state index in [-0.39, 0.29) is 0 Å². The van der Waals surface area contributed by atoms with Gasteiger partial charge in [-0.1, -0.05) is 79.9 Å². The molecule has 0 spiro atoms. The van der Waals surface area contributed by atoms with Gasteiger partial charge >= 0.3 is 0 Å². The lowest BCUT2D eigenvalue weighted by Crippen LogP contribution is -2.27. The van der Waals surface area contributed by atoms with Crippen molar-refractivity contribution in [3.8, 4) is 0 Å². The third kappa shape index (κ3) is 5.26. The Morgan fingerprint density at radius 2 is 1.79 bits per heavy atom. The maximum atomic E-state index is 4.49. The molecule has 0 radical (unpaired) electrons. The molecular weight excluding hydrogens is 340 g/mol. The van der Waals surface area contributed by atoms with Gasteiger partial charge in [0.15, 0.2) is 0 Å². The maximum Gasteiger partial charge on any atom is 0.0632 e. The Bertz CT molecular complexity index is 863. The van der Waals surface area contributed by atoms with Gasteiger partial charge in [0.2, 0.25) is 0 Å². The van der Waals surface area contributed by atoms with E-state index in [9.17, 15) is 0 Å². The van der Waals surface area contributed by atoms with E-state index in [0.29, 0.717) is 0 Å². The SMILES string of the molecule is C=CN(C)/C(C)=C(\C(=C)C)N(Cc1ccccc1)C(=C)C1=CC=C(C)C=CC1. The number of hydrogen-bond donors (Lipinski definition) is 0. The van der Waals surface area contributed by atoms with Gasteiger partial charge in [-0.05, 0) is 50.1 Å². The highest BCUT2D eigenvalue weighted by atomic mass is 15.2. The molecule has 1 aliphatic carbocycles. The molecule has 1 aliphatic rings. The molecule has 146 valence electrons. The summed E-state index contributed by atoms with van der Waals surface area (Å²) in [7, 11) is 2.01. The summed E-state index contributed by atoms with van der Waals surface area (Å²) in [6.07, 6.45) is 11.4. The topological polar surface area (TPSA) is 6.48 Å².